The number of aliphatic hydroxyl groups is 4. The Morgan fingerprint density at radius 2 is 1.62 bits per heavy atom. The van der Waals surface area contributed by atoms with Gasteiger partial charge in [0.25, 0.3) is 0 Å². The van der Waals surface area contributed by atoms with Gasteiger partial charge in [0.05, 0.1) is 12.0 Å². The quantitative estimate of drug-likeness (QED) is 0.244. The first-order valence-corrected chi connectivity index (χ1v) is 15.8. The minimum atomic E-state index is -2.77. The number of hydrogen-bond acceptors (Lipinski definition) is 14. The predicted molar refractivity (Wildman–Crippen MR) is 158 cm³/mol. The third kappa shape index (κ3) is 4.12. The average Bonchev–Trinajstić information content (AvgIpc) is 3.32. The molecule has 0 aromatic rings. The van der Waals surface area contributed by atoms with E-state index >= 15 is 0 Å². The molecule has 14 nitrogen and oxygen atoms in total. The van der Waals surface area contributed by atoms with Gasteiger partial charge in [0.2, 0.25) is 11.2 Å². The summed E-state index contributed by atoms with van der Waals surface area (Å²) in [5.41, 5.74) is -5.70. The highest BCUT2D eigenvalue weighted by molar-refractivity contribution is 6.16. The molecule has 3 saturated heterocycles. The number of ether oxygens (including phenoxy) is 4. The highest BCUT2D eigenvalue weighted by atomic mass is 16.7. The van der Waals surface area contributed by atoms with Crippen molar-refractivity contribution in [1.82, 2.24) is 4.90 Å². The number of rotatable bonds is 8. The lowest BCUT2D eigenvalue weighted by atomic mass is 9.40. The molecular weight excluding hydrogens is 618 g/mol. The standard InChI is InChI=1S/C33H41NO13/c1-13(36)22-23(14(2)37)32(15(3)38,47-30-28(43)27(42)26(41)21(12-35)45-30)33(16(4)39)31-9-10-34(6)19(25(22)31)11-18-7-8-20(44-17(5)40)29(46-33)24(18)31/h19,21,25-28,30,35,41-43H,7-12H2,1-6H3/t19-,21-,25-,26-,27+,28-,30?,31-,32+,33-/m1/s1. The number of ketones is 4. The van der Waals surface area contributed by atoms with Gasteiger partial charge in [-0.25, -0.2) is 0 Å². The third-order valence-electron chi connectivity index (χ3n) is 11.2. The number of Topliss-reactive ketones (excluding diaryl/α,β-unsaturated/α-hetero) is 4. The molecule has 6 aliphatic rings. The molecule has 3 heterocycles. The van der Waals surface area contributed by atoms with Crippen molar-refractivity contribution in [3.05, 3.63) is 33.8 Å². The number of esters is 1. The van der Waals surface area contributed by atoms with Crippen LogP contribution in [-0.4, -0.2) is 123 Å². The maximum absolute atomic E-state index is 14.7. The maximum Gasteiger partial charge on any atom is 0.307 e. The molecule has 6 rings (SSSR count). The number of hydrogen-bond donors (Lipinski definition) is 4. The molecule has 10 atom stereocenters. The van der Waals surface area contributed by atoms with Gasteiger partial charge in [-0.15, -0.1) is 0 Å². The van der Waals surface area contributed by atoms with Crippen molar-refractivity contribution < 1.29 is 63.3 Å². The highest BCUT2D eigenvalue weighted by Crippen LogP contribution is 2.75. The van der Waals surface area contributed by atoms with Crippen molar-refractivity contribution >= 4 is 29.1 Å². The Kier molecular flexibility index (Phi) is 8.07. The summed E-state index contributed by atoms with van der Waals surface area (Å²) in [6.07, 6.45) is -7.93. The summed E-state index contributed by atoms with van der Waals surface area (Å²) in [5, 5.41) is 42.2. The van der Waals surface area contributed by atoms with Crippen molar-refractivity contribution in [2.45, 2.75) is 108 Å². The Morgan fingerprint density at radius 3 is 2.17 bits per heavy atom. The summed E-state index contributed by atoms with van der Waals surface area (Å²) in [7, 11) is 1.89. The second-order valence-corrected chi connectivity index (χ2v) is 13.6. The van der Waals surface area contributed by atoms with E-state index in [-0.39, 0.29) is 29.9 Å². The molecule has 0 saturated carbocycles. The van der Waals surface area contributed by atoms with Gasteiger partial charge in [-0.2, -0.15) is 0 Å². The maximum atomic E-state index is 14.7. The van der Waals surface area contributed by atoms with Gasteiger partial charge in [-0.3, -0.25) is 24.0 Å². The molecule has 0 amide bonds. The fourth-order valence-electron chi connectivity index (χ4n) is 9.58. The van der Waals surface area contributed by atoms with Crippen LogP contribution >= 0.6 is 0 Å². The molecule has 1 unspecified atom stereocenters. The third-order valence-corrected chi connectivity index (χ3v) is 11.2. The Morgan fingerprint density at radius 1 is 0.936 bits per heavy atom. The van der Waals surface area contributed by atoms with Gasteiger partial charge in [-0.05, 0) is 60.5 Å². The number of likely N-dealkylation sites (tertiary alicyclic amines) is 1. The minimum Gasteiger partial charge on any atom is -0.471 e. The molecule has 0 aromatic carbocycles. The molecular formula is C33H41NO13. The molecule has 0 aromatic heterocycles. The van der Waals surface area contributed by atoms with Crippen LogP contribution in [0.3, 0.4) is 0 Å². The zero-order valence-corrected chi connectivity index (χ0v) is 27.2. The van der Waals surface area contributed by atoms with E-state index in [1.54, 1.807) is 0 Å². The van der Waals surface area contributed by atoms with Crippen LogP contribution in [0.25, 0.3) is 0 Å². The number of allylic oxidation sites excluding steroid dienone is 2. The highest BCUT2D eigenvalue weighted by Gasteiger charge is 2.85. The zero-order chi connectivity index (χ0) is 34.5. The molecule has 2 bridgehead atoms. The first kappa shape index (κ1) is 33.8. The predicted octanol–water partition coefficient (Wildman–Crippen LogP) is -0.448. The van der Waals surface area contributed by atoms with E-state index in [9.17, 15) is 44.4 Å². The summed E-state index contributed by atoms with van der Waals surface area (Å²) >= 11 is 0. The van der Waals surface area contributed by atoms with E-state index in [0.717, 1.165) is 19.4 Å². The van der Waals surface area contributed by atoms with Crippen LogP contribution in [-0.2, 0) is 42.9 Å². The van der Waals surface area contributed by atoms with Gasteiger partial charge >= 0.3 is 5.97 Å². The van der Waals surface area contributed by atoms with Gasteiger partial charge in [0.15, 0.2) is 35.2 Å². The van der Waals surface area contributed by atoms with Crippen LogP contribution in [0.4, 0.5) is 0 Å². The van der Waals surface area contributed by atoms with Gasteiger partial charge in [-0.1, -0.05) is 5.57 Å². The molecule has 14 heteroatoms. The molecule has 256 valence electrons. The fraction of sp³-hybridized carbons (Fsp3) is 0.667. The van der Waals surface area contributed by atoms with Crippen LogP contribution in [0.1, 0.15) is 60.3 Å². The van der Waals surface area contributed by atoms with Gasteiger partial charge in [0, 0.05) is 42.0 Å². The fourth-order valence-corrected chi connectivity index (χ4v) is 9.58. The van der Waals surface area contributed by atoms with Crippen LogP contribution in [0.15, 0.2) is 33.8 Å². The summed E-state index contributed by atoms with van der Waals surface area (Å²) in [4.78, 5) is 71.5. The normalized spacial score (nSPS) is 40.9. The van der Waals surface area contributed by atoms with Crippen molar-refractivity contribution in [1.29, 1.82) is 0 Å². The van der Waals surface area contributed by atoms with Crippen molar-refractivity contribution in [2.75, 3.05) is 20.2 Å². The van der Waals surface area contributed by atoms with Crippen LogP contribution in [0, 0.1) is 11.3 Å². The summed E-state index contributed by atoms with van der Waals surface area (Å²) in [6, 6.07) is -0.398. The molecule has 1 spiro atoms. The van der Waals surface area contributed by atoms with Crippen molar-refractivity contribution in [3.8, 4) is 0 Å². The molecule has 3 fully saturated rings. The van der Waals surface area contributed by atoms with Crippen LogP contribution < -0.4 is 0 Å². The second-order valence-electron chi connectivity index (χ2n) is 13.6. The van der Waals surface area contributed by atoms with E-state index in [1.165, 1.54) is 20.8 Å². The van der Waals surface area contributed by atoms with Crippen molar-refractivity contribution in [3.63, 3.8) is 0 Å². The Bertz CT molecular complexity index is 1570. The lowest BCUT2D eigenvalue weighted by molar-refractivity contribution is -0.337. The molecule has 4 N–H and O–H groups in total. The topological polar surface area (TPSA) is 206 Å². The van der Waals surface area contributed by atoms with Gasteiger partial charge in [0.1, 0.15) is 30.2 Å². The first-order chi connectivity index (χ1) is 22.0. The smallest absolute Gasteiger partial charge is 0.307 e. The van der Waals surface area contributed by atoms with E-state index in [1.807, 2.05) is 7.05 Å². The summed E-state index contributed by atoms with van der Waals surface area (Å²) in [6.45, 7) is 5.46. The lowest BCUT2D eigenvalue weighted by Crippen LogP contribution is -2.80. The largest absolute Gasteiger partial charge is 0.471 e. The molecule has 3 aliphatic heterocycles. The minimum absolute atomic E-state index is 0.0262. The van der Waals surface area contributed by atoms with Crippen LogP contribution in [0.5, 0.6) is 0 Å². The average molecular weight is 660 g/mol. The van der Waals surface area contributed by atoms with Crippen molar-refractivity contribution in [2.24, 2.45) is 11.3 Å². The SMILES string of the molecule is CC(=O)OC1=C2O[C@@]3(C(C)=O)[C@](OC4O[C@H](CO)[C@@H](O)[C@H](O)[C@H]4O)(C(C)=O)C(C(C)=O)=C(C(C)=O)[C@H]4[C@H]5CC(=C2[C@]43CCN5C)CC1. The summed E-state index contributed by atoms with van der Waals surface area (Å²) in [5.74, 6) is -4.27. The zero-order valence-electron chi connectivity index (χ0n) is 27.2. The number of piperidine rings is 1. The molecule has 3 aliphatic carbocycles. The van der Waals surface area contributed by atoms with E-state index < -0.39 is 101 Å². The number of carbonyl (C=O) groups excluding carboxylic acids is 5. The first-order valence-electron chi connectivity index (χ1n) is 15.8. The monoisotopic (exact) mass is 659 g/mol. The molecule has 0 radical (unpaired) electrons. The Labute approximate surface area is 271 Å². The van der Waals surface area contributed by atoms with E-state index in [0.29, 0.717) is 25.0 Å². The van der Waals surface area contributed by atoms with Gasteiger partial charge < -0.3 is 44.3 Å². The second kappa shape index (κ2) is 11.2. The number of carbonyl (C=O) groups is 5. The van der Waals surface area contributed by atoms with Crippen LogP contribution in [0.2, 0.25) is 0 Å². The Hall–Kier alpha value is -3.11. The number of aliphatic hydroxyl groups excluding tert-OH is 4. The van der Waals surface area contributed by atoms with E-state index in [4.69, 9.17) is 18.9 Å². The summed E-state index contributed by atoms with van der Waals surface area (Å²) < 4.78 is 24.6. The number of nitrogens with zero attached hydrogens (tertiary/aromatic N) is 1. The lowest BCUT2D eigenvalue weighted by Gasteiger charge is -2.65. The molecule has 47 heavy (non-hydrogen) atoms. The van der Waals surface area contributed by atoms with E-state index in [2.05, 4.69) is 4.90 Å². The Balaban J connectivity index is 1.77.